The third-order valence-corrected chi connectivity index (χ3v) is 2.35. The lowest BCUT2D eigenvalue weighted by Gasteiger charge is -2.03. The number of pyridine rings is 1. The minimum Gasteiger partial charge on any atom is -0.369 e. The van der Waals surface area contributed by atoms with Crippen LogP contribution in [0.15, 0.2) is 37.1 Å². The van der Waals surface area contributed by atoms with Crippen LogP contribution < -0.4 is 5.73 Å². The molecule has 6 heteroatoms. The average Bonchev–Trinajstić information content (AvgIpc) is 2.81. The van der Waals surface area contributed by atoms with Crippen molar-refractivity contribution in [1.29, 1.82) is 0 Å². The Morgan fingerprint density at radius 2 is 2.00 bits per heavy atom. The molecule has 3 rings (SSSR count). The van der Waals surface area contributed by atoms with Gasteiger partial charge in [0.05, 0.1) is 0 Å². The van der Waals surface area contributed by atoms with E-state index < -0.39 is 0 Å². The Hall–Kier alpha value is -2.50. The van der Waals surface area contributed by atoms with Crippen LogP contribution in [0.2, 0.25) is 0 Å². The summed E-state index contributed by atoms with van der Waals surface area (Å²) < 4.78 is 1.65. The van der Waals surface area contributed by atoms with Crippen molar-refractivity contribution in [2.75, 3.05) is 5.73 Å². The third kappa shape index (κ3) is 1.20. The van der Waals surface area contributed by atoms with Gasteiger partial charge < -0.3 is 5.73 Å². The van der Waals surface area contributed by atoms with E-state index in [1.54, 1.807) is 29.3 Å². The molecule has 0 radical (unpaired) electrons. The fraction of sp³-hybridized carbons (Fsp3) is 0. The molecule has 16 heavy (non-hydrogen) atoms. The SMILES string of the molecule is Nc1ncc(-c2ccncc2)c2nncn12. The van der Waals surface area contributed by atoms with Crippen LogP contribution in [-0.4, -0.2) is 24.6 Å². The summed E-state index contributed by atoms with van der Waals surface area (Å²) in [4.78, 5) is 8.06. The molecule has 2 N–H and O–H groups in total. The van der Waals surface area contributed by atoms with Gasteiger partial charge in [-0.1, -0.05) is 0 Å². The van der Waals surface area contributed by atoms with Gasteiger partial charge in [-0.2, -0.15) is 0 Å². The molecule has 78 valence electrons. The second-order valence-corrected chi connectivity index (χ2v) is 3.29. The predicted octanol–water partition coefficient (Wildman–Crippen LogP) is 0.768. The van der Waals surface area contributed by atoms with Crippen molar-refractivity contribution >= 4 is 11.6 Å². The Morgan fingerprint density at radius 3 is 2.81 bits per heavy atom. The van der Waals surface area contributed by atoms with Crippen molar-refractivity contribution in [3.63, 3.8) is 0 Å². The molecule has 0 aliphatic rings. The number of fused-ring (bicyclic) bond motifs is 1. The summed E-state index contributed by atoms with van der Waals surface area (Å²) in [5, 5.41) is 7.85. The van der Waals surface area contributed by atoms with Gasteiger partial charge >= 0.3 is 0 Å². The van der Waals surface area contributed by atoms with Crippen LogP contribution >= 0.6 is 0 Å². The molecular formula is C10H8N6. The molecule has 0 unspecified atom stereocenters. The number of nitrogens with zero attached hydrogens (tertiary/aromatic N) is 5. The van der Waals surface area contributed by atoms with Gasteiger partial charge in [0.2, 0.25) is 5.95 Å². The summed E-state index contributed by atoms with van der Waals surface area (Å²) in [5.41, 5.74) is 8.27. The van der Waals surface area contributed by atoms with E-state index in [2.05, 4.69) is 20.2 Å². The zero-order valence-electron chi connectivity index (χ0n) is 8.28. The second kappa shape index (κ2) is 3.27. The van der Waals surface area contributed by atoms with Crippen LogP contribution in [0.4, 0.5) is 5.95 Å². The highest BCUT2D eigenvalue weighted by molar-refractivity contribution is 5.76. The first-order valence-corrected chi connectivity index (χ1v) is 4.71. The van der Waals surface area contributed by atoms with E-state index in [4.69, 9.17) is 5.73 Å². The smallest absolute Gasteiger partial charge is 0.207 e. The van der Waals surface area contributed by atoms with E-state index in [1.807, 2.05) is 12.1 Å². The third-order valence-electron chi connectivity index (χ3n) is 2.35. The number of hydrogen-bond acceptors (Lipinski definition) is 5. The fourth-order valence-corrected chi connectivity index (χ4v) is 1.57. The molecule has 0 amide bonds. The Bertz CT molecular complexity index is 630. The lowest BCUT2D eigenvalue weighted by Crippen LogP contribution is -2.00. The molecule has 0 atom stereocenters. The Kier molecular flexibility index (Phi) is 1.79. The van der Waals surface area contributed by atoms with Crippen molar-refractivity contribution < 1.29 is 0 Å². The van der Waals surface area contributed by atoms with E-state index >= 15 is 0 Å². The van der Waals surface area contributed by atoms with Gasteiger partial charge in [0.1, 0.15) is 6.33 Å². The van der Waals surface area contributed by atoms with Gasteiger partial charge in [0, 0.05) is 24.2 Å². The van der Waals surface area contributed by atoms with Gasteiger partial charge in [0.15, 0.2) is 5.65 Å². The molecular weight excluding hydrogens is 204 g/mol. The molecule has 0 saturated carbocycles. The zero-order valence-corrected chi connectivity index (χ0v) is 8.28. The first-order valence-electron chi connectivity index (χ1n) is 4.71. The Morgan fingerprint density at radius 1 is 1.19 bits per heavy atom. The predicted molar refractivity (Wildman–Crippen MR) is 58.4 cm³/mol. The van der Waals surface area contributed by atoms with E-state index in [0.717, 1.165) is 11.1 Å². The van der Waals surface area contributed by atoms with Gasteiger partial charge in [-0.25, -0.2) is 4.98 Å². The number of rotatable bonds is 1. The molecule has 3 aromatic heterocycles. The minimum atomic E-state index is 0.373. The lowest BCUT2D eigenvalue weighted by molar-refractivity contribution is 1.08. The summed E-state index contributed by atoms with van der Waals surface area (Å²) in [7, 11) is 0. The summed E-state index contributed by atoms with van der Waals surface area (Å²) in [6, 6.07) is 3.78. The van der Waals surface area contributed by atoms with Crippen molar-refractivity contribution in [1.82, 2.24) is 24.6 Å². The van der Waals surface area contributed by atoms with Gasteiger partial charge in [0.25, 0.3) is 0 Å². The molecule has 3 heterocycles. The van der Waals surface area contributed by atoms with E-state index in [9.17, 15) is 0 Å². The van der Waals surface area contributed by atoms with E-state index in [-0.39, 0.29) is 0 Å². The average molecular weight is 212 g/mol. The van der Waals surface area contributed by atoms with Gasteiger partial charge in [-0.05, 0) is 17.7 Å². The molecule has 3 aromatic rings. The van der Waals surface area contributed by atoms with Crippen LogP contribution in [0.5, 0.6) is 0 Å². The lowest BCUT2D eigenvalue weighted by atomic mass is 10.1. The highest BCUT2D eigenvalue weighted by atomic mass is 15.3. The van der Waals surface area contributed by atoms with Crippen molar-refractivity contribution in [2.45, 2.75) is 0 Å². The highest BCUT2D eigenvalue weighted by Gasteiger charge is 2.08. The maximum absolute atomic E-state index is 5.71. The molecule has 6 nitrogen and oxygen atoms in total. The molecule has 0 aliphatic carbocycles. The number of nitrogens with two attached hydrogens (primary N) is 1. The van der Waals surface area contributed by atoms with Crippen LogP contribution in [-0.2, 0) is 0 Å². The van der Waals surface area contributed by atoms with Crippen LogP contribution in [0.25, 0.3) is 16.8 Å². The maximum Gasteiger partial charge on any atom is 0.207 e. The first kappa shape index (κ1) is 8.78. The quantitative estimate of drug-likeness (QED) is 0.644. The second-order valence-electron chi connectivity index (χ2n) is 3.29. The molecule has 0 spiro atoms. The largest absolute Gasteiger partial charge is 0.369 e. The highest BCUT2D eigenvalue weighted by Crippen LogP contribution is 2.22. The van der Waals surface area contributed by atoms with Crippen LogP contribution in [0, 0.1) is 0 Å². The number of hydrogen-bond donors (Lipinski definition) is 1. The summed E-state index contributed by atoms with van der Waals surface area (Å²) in [5.74, 6) is 0.373. The Balaban J connectivity index is 2.33. The molecule has 0 aromatic carbocycles. The van der Waals surface area contributed by atoms with Crippen LogP contribution in [0.1, 0.15) is 0 Å². The standard InChI is InChI=1S/C10H8N6/c11-10-13-5-8(7-1-3-12-4-2-7)9-15-14-6-16(9)10/h1-6H,(H2,11,13). The van der Waals surface area contributed by atoms with Gasteiger partial charge in [-0.15, -0.1) is 10.2 Å². The summed E-state index contributed by atoms with van der Waals surface area (Å²) in [6.45, 7) is 0. The summed E-state index contributed by atoms with van der Waals surface area (Å²) >= 11 is 0. The molecule has 0 fully saturated rings. The number of anilines is 1. The fourth-order valence-electron chi connectivity index (χ4n) is 1.57. The van der Waals surface area contributed by atoms with Crippen molar-refractivity contribution in [3.8, 4) is 11.1 Å². The first-order chi connectivity index (χ1) is 7.86. The van der Waals surface area contributed by atoms with Gasteiger partial charge in [-0.3, -0.25) is 9.38 Å². The number of nitrogen functional groups attached to an aromatic ring is 1. The molecule has 0 bridgehead atoms. The minimum absolute atomic E-state index is 0.373. The van der Waals surface area contributed by atoms with E-state index in [0.29, 0.717) is 11.6 Å². The van der Waals surface area contributed by atoms with E-state index in [1.165, 1.54) is 0 Å². The van der Waals surface area contributed by atoms with Crippen molar-refractivity contribution in [3.05, 3.63) is 37.1 Å². The zero-order chi connectivity index (χ0) is 11.0. The van der Waals surface area contributed by atoms with Crippen LogP contribution in [0.3, 0.4) is 0 Å². The molecule has 0 aliphatic heterocycles. The number of aromatic nitrogens is 5. The molecule has 0 saturated heterocycles. The van der Waals surface area contributed by atoms with Crippen molar-refractivity contribution in [2.24, 2.45) is 0 Å². The Labute approximate surface area is 90.8 Å². The topological polar surface area (TPSA) is 82.0 Å². The maximum atomic E-state index is 5.71. The monoisotopic (exact) mass is 212 g/mol. The normalized spacial score (nSPS) is 10.8. The summed E-state index contributed by atoms with van der Waals surface area (Å²) in [6.07, 6.45) is 6.67.